The Kier molecular flexibility index (Phi) is 8.87. The van der Waals surface area contributed by atoms with E-state index in [4.69, 9.17) is 14.2 Å². The fourth-order valence-electron chi connectivity index (χ4n) is 1.56. The van der Waals surface area contributed by atoms with Gasteiger partial charge in [0.05, 0.1) is 24.9 Å². The van der Waals surface area contributed by atoms with E-state index in [9.17, 15) is 14.4 Å². The van der Waals surface area contributed by atoms with Crippen LogP contribution in [0.5, 0.6) is 0 Å². The summed E-state index contributed by atoms with van der Waals surface area (Å²) in [7, 11) is 0. The van der Waals surface area contributed by atoms with Crippen molar-refractivity contribution in [2.75, 3.05) is 13.2 Å². The summed E-state index contributed by atoms with van der Waals surface area (Å²) in [5, 5.41) is 0. The maximum atomic E-state index is 11.9. The summed E-state index contributed by atoms with van der Waals surface area (Å²) in [4.78, 5) is 35.3. The smallest absolute Gasteiger partial charge is 0.315 e. The van der Waals surface area contributed by atoms with E-state index in [0.29, 0.717) is 12.8 Å². The van der Waals surface area contributed by atoms with Crippen LogP contribution < -0.4 is 0 Å². The number of hydrogen-bond donors (Lipinski definition) is 0. The largest absolute Gasteiger partial charge is 0.465 e. The first-order valence-electron chi connectivity index (χ1n) is 8.15. The van der Waals surface area contributed by atoms with Crippen LogP contribution in [0.4, 0.5) is 0 Å². The summed E-state index contributed by atoms with van der Waals surface area (Å²) in [5.41, 5.74) is -1.40. The Bertz CT molecular complexity index is 415. The van der Waals surface area contributed by atoms with Gasteiger partial charge in [-0.3, -0.25) is 14.4 Å². The molecule has 0 saturated carbocycles. The van der Waals surface area contributed by atoms with Gasteiger partial charge < -0.3 is 14.2 Å². The second kappa shape index (κ2) is 9.53. The highest BCUT2D eigenvalue weighted by molar-refractivity contribution is 5.79. The minimum Gasteiger partial charge on any atom is -0.465 e. The van der Waals surface area contributed by atoms with Gasteiger partial charge in [0.2, 0.25) is 0 Å². The van der Waals surface area contributed by atoms with Gasteiger partial charge in [-0.2, -0.15) is 0 Å². The van der Waals surface area contributed by atoms with Crippen LogP contribution in [-0.4, -0.2) is 36.7 Å². The van der Waals surface area contributed by atoms with Crippen LogP contribution in [0.25, 0.3) is 0 Å². The topological polar surface area (TPSA) is 78.9 Å². The molecule has 1 unspecified atom stereocenters. The average molecular weight is 330 g/mol. The molecule has 0 aliphatic carbocycles. The Balaban J connectivity index is 4.30. The zero-order valence-corrected chi connectivity index (χ0v) is 15.2. The summed E-state index contributed by atoms with van der Waals surface area (Å²) >= 11 is 0. The third-order valence-electron chi connectivity index (χ3n) is 3.88. The van der Waals surface area contributed by atoms with Gasteiger partial charge in [0.15, 0.2) is 0 Å². The van der Waals surface area contributed by atoms with Gasteiger partial charge in [0, 0.05) is 0 Å². The lowest BCUT2D eigenvalue weighted by Crippen LogP contribution is -2.35. The van der Waals surface area contributed by atoms with Gasteiger partial charge in [-0.25, -0.2) is 0 Å². The molecule has 1 atom stereocenters. The summed E-state index contributed by atoms with van der Waals surface area (Å²) in [6.45, 7) is 11.0. The van der Waals surface area contributed by atoms with Crippen LogP contribution in [0.3, 0.4) is 0 Å². The minimum atomic E-state index is -0.865. The van der Waals surface area contributed by atoms with Gasteiger partial charge in [0.1, 0.15) is 12.2 Å². The Labute approximate surface area is 138 Å². The predicted octanol–water partition coefficient (Wildman–Crippen LogP) is 3.02. The third kappa shape index (κ3) is 8.00. The van der Waals surface area contributed by atoms with Crippen LogP contribution >= 0.6 is 0 Å². The lowest BCUT2D eigenvalue weighted by molar-refractivity contribution is -0.165. The van der Waals surface area contributed by atoms with Gasteiger partial charge in [0.25, 0.3) is 0 Å². The fraction of sp³-hybridized carbons (Fsp3) is 0.824. The van der Waals surface area contributed by atoms with Crippen LogP contribution in [0, 0.1) is 5.41 Å². The third-order valence-corrected chi connectivity index (χ3v) is 3.88. The summed E-state index contributed by atoms with van der Waals surface area (Å²) in [6.07, 6.45) is 1.08. The van der Waals surface area contributed by atoms with E-state index in [0.717, 1.165) is 0 Å². The van der Waals surface area contributed by atoms with E-state index >= 15 is 0 Å². The first kappa shape index (κ1) is 21.4. The molecule has 0 fully saturated rings. The molecule has 0 heterocycles. The second-order valence-electron chi connectivity index (χ2n) is 6.38. The van der Waals surface area contributed by atoms with E-state index in [1.54, 1.807) is 13.8 Å². The van der Waals surface area contributed by atoms with E-state index in [2.05, 4.69) is 0 Å². The molecule has 0 aliphatic heterocycles. The number of carbonyl (C=O) groups is 3. The second-order valence-corrected chi connectivity index (χ2v) is 6.38. The first-order valence-corrected chi connectivity index (χ1v) is 8.15. The molecule has 0 aromatic rings. The molecule has 0 bridgehead atoms. The predicted molar refractivity (Wildman–Crippen MR) is 85.7 cm³/mol. The van der Waals surface area contributed by atoms with Crippen molar-refractivity contribution in [3.63, 3.8) is 0 Å². The van der Waals surface area contributed by atoms with Crippen molar-refractivity contribution in [1.82, 2.24) is 0 Å². The van der Waals surface area contributed by atoms with Crippen LogP contribution in [0.15, 0.2) is 0 Å². The summed E-state index contributed by atoms with van der Waals surface area (Å²) < 4.78 is 15.4. The van der Waals surface area contributed by atoms with E-state index in [1.165, 1.54) is 0 Å². The molecule has 134 valence electrons. The van der Waals surface area contributed by atoms with Crippen LogP contribution in [0.2, 0.25) is 0 Å². The molecule has 23 heavy (non-hydrogen) atoms. The summed E-state index contributed by atoms with van der Waals surface area (Å²) in [5.74, 6) is -1.35. The quantitative estimate of drug-likeness (QED) is 0.452. The van der Waals surface area contributed by atoms with Crippen molar-refractivity contribution in [2.24, 2.45) is 5.41 Å². The molecular formula is C17H30O6. The molecule has 0 rings (SSSR count). The lowest BCUT2D eigenvalue weighted by Gasteiger charge is -2.25. The van der Waals surface area contributed by atoms with Gasteiger partial charge in [-0.1, -0.05) is 13.8 Å². The molecular weight excluding hydrogens is 300 g/mol. The molecule has 0 spiro atoms. The van der Waals surface area contributed by atoms with Crippen molar-refractivity contribution in [3.8, 4) is 0 Å². The molecule has 0 aromatic heterocycles. The van der Waals surface area contributed by atoms with E-state index in [-0.39, 0.29) is 32.0 Å². The first-order chi connectivity index (χ1) is 10.6. The van der Waals surface area contributed by atoms with Crippen molar-refractivity contribution >= 4 is 17.9 Å². The number of carbonyl (C=O) groups excluding carboxylic acids is 3. The molecule has 0 amide bonds. The lowest BCUT2D eigenvalue weighted by atomic mass is 9.89. The molecule has 0 aliphatic rings. The zero-order chi connectivity index (χ0) is 18.1. The molecule has 6 heteroatoms. The van der Waals surface area contributed by atoms with Gasteiger partial charge in [-0.05, 0) is 40.5 Å². The number of ether oxygens (including phenoxy) is 3. The number of rotatable bonds is 10. The van der Waals surface area contributed by atoms with Crippen molar-refractivity contribution < 1.29 is 28.6 Å². The maximum Gasteiger partial charge on any atom is 0.315 e. The Hall–Kier alpha value is -1.59. The Morgan fingerprint density at radius 2 is 1.39 bits per heavy atom. The molecule has 0 N–H and O–H groups in total. The Morgan fingerprint density at radius 1 is 0.826 bits per heavy atom. The van der Waals surface area contributed by atoms with Crippen molar-refractivity contribution in [2.45, 2.75) is 72.8 Å². The van der Waals surface area contributed by atoms with Gasteiger partial charge >= 0.3 is 17.9 Å². The highest BCUT2D eigenvalue weighted by atomic mass is 16.6. The average Bonchev–Trinajstić information content (AvgIpc) is 2.50. The molecule has 6 nitrogen and oxygen atoms in total. The Morgan fingerprint density at radius 3 is 1.87 bits per heavy atom. The SMILES string of the molecule is CCOC(=O)C(C)(CC)COC(=O)CCC(=O)OC(C)(C)CC. The standard InChI is InChI=1S/C17H30O6/c1-7-16(4,5)23-14(19)11-10-13(18)22-12-17(6,8-2)15(20)21-9-3/h7-12H2,1-6H3. The van der Waals surface area contributed by atoms with Crippen LogP contribution in [-0.2, 0) is 28.6 Å². The van der Waals surface area contributed by atoms with Crippen molar-refractivity contribution in [1.29, 1.82) is 0 Å². The van der Waals surface area contributed by atoms with Crippen molar-refractivity contribution in [3.05, 3.63) is 0 Å². The number of hydrogen-bond acceptors (Lipinski definition) is 6. The molecule has 0 saturated heterocycles. The van der Waals surface area contributed by atoms with E-state index in [1.807, 2.05) is 27.7 Å². The minimum absolute atomic E-state index is 0.0372. The molecule has 0 radical (unpaired) electrons. The summed E-state index contributed by atoms with van der Waals surface area (Å²) in [6, 6.07) is 0. The fourth-order valence-corrected chi connectivity index (χ4v) is 1.56. The van der Waals surface area contributed by atoms with Gasteiger partial charge in [-0.15, -0.1) is 0 Å². The monoisotopic (exact) mass is 330 g/mol. The normalized spacial score (nSPS) is 13.8. The number of esters is 3. The maximum absolute atomic E-state index is 11.9. The van der Waals surface area contributed by atoms with E-state index < -0.39 is 23.0 Å². The highest BCUT2D eigenvalue weighted by Crippen LogP contribution is 2.24. The highest BCUT2D eigenvalue weighted by Gasteiger charge is 2.34. The molecule has 0 aromatic carbocycles. The zero-order valence-electron chi connectivity index (χ0n) is 15.2. The van der Waals surface area contributed by atoms with Crippen LogP contribution in [0.1, 0.15) is 67.2 Å².